The lowest BCUT2D eigenvalue weighted by Crippen LogP contribution is -2.07. The molecule has 0 radical (unpaired) electrons. The fourth-order valence-electron chi connectivity index (χ4n) is 0.725. The number of anilines is 1. The van der Waals surface area contributed by atoms with E-state index in [-0.39, 0.29) is 0 Å². The summed E-state index contributed by atoms with van der Waals surface area (Å²) >= 11 is 1.67. The van der Waals surface area contributed by atoms with Gasteiger partial charge in [0.25, 0.3) is 0 Å². The van der Waals surface area contributed by atoms with Crippen molar-refractivity contribution in [1.82, 2.24) is 4.98 Å². The molecule has 0 bridgehead atoms. The van der Waals surface area contributed by atoms with Gasteiger partial charge in [0, 0.05) is 14.1 Å². The molecule has 1 aromatic heterocycles. The Morgan fingerprint density at radius 3 is 2.44 bits per heavy atom. The number of hydrogen-bond donors (Lipinski definition) is 0. The van der Waals surface area contributed by atoms with Gasteiger partial charge in [0.1, 0.15) is 5.00 Å². The molecule has 3 heteroatoms. The van der Waals surface area contributed by atoms with Crippen molar-refractivity contribution in [2.24, 2.45) is 0 Å². The van der Waals surface area contributed by atoms with Gasteiger partial charge < -0.3 is 4.90 Å². The molecule has 0 saturated carbocycles. The molecule has 0 N–H and O–H groups in total. The highest BCUT2D eigenvalue weighted by Gasteiger charge is 2.00. The highest BCUT2D eigenvalue weighted by molar-refractivity contribution is 7.14. The number of aromatic nitrogens is 1. The van der Waals surface area contributed by atoms with Crippen LogP contribution in [-0.4, -0.2) is 19.1 Å². The second-order valence-corrected chi connectivity index (χ2v) is 2.97. The van der Waals surface area contributed by atoms with Crippen molar-refractivity contribution in [2.75, 3.05) is 19.0 Å². The molecule has 1 heterocycles. The topological polar surface area (TPSA) is 16.1 Å². The van der Waals surface area contributed by atoms with Crippen molar-refractivity contribution in [3.63, 3.8) is 0 Å². The Hall–Kier alpha value is -0.570. The second-order valence-electron chi connectivity index (χ2n) is 2.14. The zero-order valence-electron chi connectivity index (χ0n) is 5.88. The summed E-state index contributed by atoms with van der Waals surface area (Å²) in [5.41, 5.74) is 2.98. The summed E-state index contributed by atoms with van der Waals surface area (Å²) in [7, 11) is 4.06. The van der Waals surface area contributed by atoms with Crippen LogP contribution in [0.2, 0.25) is 0 Å². The van der Waals surface area contributed by atoms with Gasteiger partial charge in [0.15, 0.2) is 0 Å². The first-order valence-corrected chi connectivity index (χ1v) is 3.67. The van der Waals surface area contributed by atoms with E-state index < -0.39 is 0 Å². The summed E-state index contributed by atoms with van der Waals surface area (Å²) in [5.74, 6) is 0. The Labute approximate surface area is 59.1 Å². The zero-order valence-corrected chi connectivity index (χ0v) is 6.70. The monoisotopic (exact) mass is 142 g/mol. The van der Waals surface area contributed by atoms with Crippen LogP contribution >= 0.6 is 11.3 Å². The quantitative estimate of drug-likeness (QED) is 0.591. The SMILES string of the molecule is Cc1ncsc1N(C)C. The van der Waals surface area contributed by atoms with E-state index in [9.17, 15) is 0 Å². The molecule has 0 aromatic carbocycles. The molecule has 9 heavy (non-hydrogen) atoms. The average Bonchev–Trinajstić information content (AvgIpc) is 2.13. The third-order valence-electron chi connectivity index (χ3n) is 1.13. The molecule has 0 aliphatic rings. The maximum absolute atomic E-state index is 4.11. The number of hydrogen-bond acceptors (Lipinski definition) is 3. The number of nitrogens with zero attached hydrogens (tertiary/aromatic N) is 2. The van der Waals surface area contributed by atoms with Crippen molar-refractivity contribution in [1.29, 1.82) is 0 Å². The molecular weight excluding hydrogens is 132 g/mol. The summed E-state index contributed by atoms with van der Waals surface area (Å²) in [4.78, 5) is 6.19. The van der Waals surface area contributed by atoms with Crippen LogP contribution in [0.4, 0.5) is 5.00 Å². The summed E-state index contributed by atoms with van der Waals surface area (Å²) in [6.45, 7) is 2.02. The van der Waals surface area contributed by atoms with Crippen molar-refractivity contribution in [3.05, 3.63) is 11.2 Å². The van der Waals surface area contributed by atoms with E-state index in [0.29, 0.717) is 0 Å². The summed E-state index contributed by atoms with van der Waals surface area (Å²) in [5, 5.41) is 1.25. The van der Waals surface area contributed by atoms with Gasteiger partial charge in [0.05, 0.1) is 11.2 Å². The molecule has 1 rings (SSSR count). The van der Waals surface area contributed by atoms with Crippen molar-refractivity contribution in [2.45, 2.75) is 6.92 Å². The van der Waals surface area contributed by atoms with E-state index in [4.69, 9.17) is 0 Å². The number of aryl methyl sites for hydroxylation is 1. The van der Waals surface area contributed by atoms with Crippen molar-refractivity contribution >= 4 is 16.3 Å². The van der Waals surface area contributed by atoms with Gasteiger partial charge in [0.2, 0.25) is 0 Å². The minimum Gasteiger partial charge on any atom is -0.368 e. The first-order chi connectivity index (χ1) is 4.22. The van der Waals surface area contributed by atoms with Crippen LogP contribution in [0.5, 0.6) is 0 Å². The lowest BCUT2D eigenvalue weighted by molar-refractivity contribution is 1.12. The molecule has 50 valence electrons. The van der Waals surface area contributed by atoms with E-state index >= 15 is 0 Å². The summed E-state index contributed by atoms with van der Waals surface area (Å²) in [6, 6.07) is 0. The van der Waals surface area contributed by atoms with Crippen LogP contribution in [0.3, 0.4) is 0 Å². The Kier molecular flexibility index (Phi) is 1.71. The van der Waals surface area contributed by atoms with Crippen LogP contribution in [0, 0.1) is 6.92 Å². The molecule has 0 spiro atoms. The minimum absolute atomic E-state index is 1.12. The van der Waals surface area contributed by atoms with Crippen LogP contribution in [-0.2, 0) is 0 Å². The molecule has 0 aliphatic carbocycles. The summed E-state index contributed by atoms with van der Waals surface area (Å²) < 4.78 is 0. The lowest BCUT2D eigenvalue weighted by Gasteiger charge is -2.08. The molecule has 0 unspecified atom stereocenters. The highest BCUT2D eigenvalue weighted by atomic mass is 32.1. The first-order valence-electron chi connectivity index (χ1n) is 2.79. The maximum atomic E-state index is 4.11. The van der Waals surface area contributed by atoms with Crippen LogP contribution in [0.25, 0.3) is 0 Å². The normalized spacial score (nSPS) is 9.67. The molecule has 0 saturated heterocycles. The van der Waals surface area contributed by atoms with E-state index in [1.54, 1.807) is 11.3 Å². The van der Waals surface area contributed by atoms with E-state index in [1.165, 1.54) is 5.00 Å². The highest BCUT2D eigenvalue weighted by Crippen LogP contribution is 2.20. The number of thiazole rings is 1. The average molecular weight is 142 g/mol. The third kappa shape index (κ3) is 1.21. The van der Waals surface area contributed by atoms with E-state index in [0.717, 1.165) is 5.69 Å². The Bertz CT molecular complexity index is 193. The largest absolute Gasteiger partial charge is 0.368 e. The molecule has 0 fully saturated rings. The molecule has 0 aliphatic heterocycles. The van der Waals surface area contributed by atoms with Crippen LogP contribution in [0.1, 0.15) is 5.69 Å². The van der Waals surface area contributed by atoms with Crippen LogP contribution < -0.4 is 4.90 Å². The van der Waals surface area contributed by atoms with Gasteiger partial charge in [-0.25, -0.2) is 4.98 Å². The smallest absolute Gasteiger partial charge is 0.113 e. The van der Waals surface area contributed by atoms with E-state index in [1.807, 2.05) is 26.5 Å². The molecule has 2 nitrogen and oxygen atoms in total. The van der Waals surface area contributed by atoms with E-state index in [2.05, 4.69) is 9.88 Å². The molecular formula is C6H10N2S. The van der Waals surface area contributed by atoms with Gasteiger partial charge in [-0.15, -0.1) is 11.3 Å². The van der Waals surface area contributed by atoms with Gasteiger partial charge in [-0.2, -0.15) is 0 Å². The van der Waals surface area contributed by atoms with Gasteiger partial charge >= 0.3 is 0 Å². The Balaban J connectivity index is 2.94. The first kappa shape index (κ1) is 6.55. The Morgan fingerprint density at radius 2 is 2.22 bits per heavy atom. The van der Waals surface area contributed by atoms with Crippen LogP contribution in [0.15, 0.2) is 5.51 Å². The van der Waals surface area contributed by atoms with Crippen molar-refractivity contribution in [3.8, 4) is 0 Å². The fraction of sp³-hybridized carbons (Fsp3) is 0.500. The summed E-state index contributed by atoms with van der Waals surface area (Å²) in [6.07, 6.45) is 0. The molecule has 0 amide bonds. The minimum atomic E-state index is 1.12. The molecule has 1 aromatic rings. The zero-order chi connectivity index (χ0) is 6.85. The predicted molar refractivity (Wildman–Crippen MR) is 41.2 cm³/mol. The fourth-order valence-corrected chi connectivity index (χ4v) is 1.47. The number of rotatable bonds is 1. The molecule has 0 atom stereocenters. The van der Waals surface area contributed by atoms with Crippen molar-refractivity contribution < 1.29 is 0 Å². The second kappa shape index (κ2) is 2.35. The van der Waals surface area contributed by atoms with Gasteiger partial charge in [-0.1, -0.05) is 0 Å². The third-order valence-corrected chi connectivity index (χ3v) is 2.22. The maximum Gasteiger partial charge on any atom is 0.113 e. The van der Waals surface area contributed by atoms with Gasteiger partial charge in [-0.05, 0) is 6.92 Å². The Morgan fingerprint density at radius 1 is 1.56 bits per heavy atom. The lowest BCUT2D eigenvalue weighted by atomic mass is 10.5. The van der Waals surface area contributed by atoms with Gasteiger partial charge in [-0.3, -0.25) is 0 Å². The standard InChI is InChI=1S/C6H10N2S/c1-5-6(8(2)3)9-4-7-5/h4H,1-3H3. The predicted octanol–water partition coefficient (Wildman–Crippen LogP) is 1.52.